The van der Waals surface area contributed by atoms with Gasteiger partial charge in [-0.3, -0.25) is 4.79 Å². The Morgan fingerprint density at radius 2 is 0.568 bits per heavy atom. The summed E-state index contributed by atoms with van der Waals surface area (Å²) in [6.07, 6.45) is 41.2. The average molecular weight is 2060 g/mol. The minimum absolute atomic E-state index is 0. The van der Waals surface area contributed by atoms with E-state index in [-0.39, 0.29) is 144 Å². The van der Waals surface area contributed by atoms with Crippen LogP contribution in [-0.2, 0) is 77.5 Å². The fourth-order valence-corrected chi connectivity index (χ4v) is 44.0. The number of carbonyl (C=O) groups excluding carboxylic acids is 1. The first kappa shape index (κ1) is 113. The zero-order valence-electron chi connectivity index (χ0n) is 96.8. The van der Waals surface area contributed by atoms with Crippen LogP contribution < -0.4 is 0 Å². The molecule has 14 nitrogen and oxygen atoms in total. The Kier molecular flexibility index (Phi) is 30.2. The van der Waals surface area contributed by atoms with E-state index in [0.717, 1.165) is 31.6 Å². The van der Waals surface area contributed by atoms with Crippen molar-refractivity contribution in [3.63, 3.8) is 0 Å². The fourth-order valence-electron chi connectivity index (χ4n) is 38.2. The number of ketones is 1. The number of allylic oxidation sites excluding steroid dienone is 1. The largest absolute Gasteiger partial charge is 1.00 e. The summed E-state index contributed by atoms with van der Waals surface area (Å²) in [5.41, 5.74) is 3.99. The standard InChI is InChI=1S/C30H52O3Si.C30H54O3Si.C29H50O3Si.C28H48O4Si.C2H6O.CH3.Cu/c1-26(2,3)34(8,9)33-21-14-13-19-22-24-23(31-27(4,5)32-24)20-12-10-11-15-28(20,6)25(22)30(16-17-30)18-29(19,21)7;1-26(2,3)34(10,11)33-21-16-15-19-22-24-23(31-28(6,7)32-24)20-14-12-13-17-29(20,8)25(22)27(4,5)18-30(19,21)9;1-18-17-29(8)19(14-15-21(29)32-33(9,10)26(2,3)4)22-23(18)28(7)16-12-11-13-20(28)24-25(22)31-27(5,6)30-24;1-25(2,3)33(8,9)32-20-14-13-17-21-22(19(29)16-28(17,20)7)27(6)15-11-10-12-18(27)23-24(21)31-26(4,5)30-23;1-2-3;;/h19-25H,10-18H2,1-9H3;19-25H,12-18H2,1-11H3;19-25H,1,11-17H2,2-10H3;17-18,20-24H,10-16H2,1-9H3;3H,2H2,1H3;1H3;/q;;;;;-1;+1/t19?,20?,21-,22?,23+,24+,25-,28-,29-;19?,20?,21-,22?,23+,24+,25+,29-,30-;19?,20?,21-,22?,23-,24+,25+,28-,29-;17?,18?,20-,21?,22-,23+,24+,27-,28-;;;/m0000.../s1. The predicted octanol–water partition coefficient (Wildman–Crippen LogP) is 31.0. The zero-order chi connectivity index (χ0) is 101. The second-order valence-corrected chi connectivity index (χ2v) is 81.2. The molecule has 21 rings (SSSR count). The summed E-state index contributed by atoms with van der Waals surface area (Å²) in [5, 5.41) is 8.50. The van der Waals surface area contributed by atoms with Crippen molar-refractivity contribution in [3.05, 3.63) is 19.6 Å². The number of hydrogen-bond acceptors (Lipinski definition) is 14. The smallest absolute Gasteiger partial charge is 0.413 e. The molecule has 0 amide bonds. The topological polar surface area (TPSA) is 148 Å². The molecule has 139 heavy (non-hydrogen) atoms. The molecule has 0 bridgehead atoms. The summed E-state index contributed by atoms with van der Waals surface area (Å²) in [4.78, 5) is 14.2. The van der Waals surface area contributed by atoms with Gasteiger partial charge in [-0.1, -0.05) is 216 Å². The monoisotopic (exact) mass is 2050 g/mol. The molecule has 21 aliphatic rings. The van der Waals surface area contributed by atoms with Gasteiger partial charge in [0.05, 0.1) is 73.2 Å². The van der Waals surface area contributed by atoms with Crippen LogP contribution in [-0.4, -0.2) is 147 Å². The molecule has 0 aromatic rings. The van der Waals surface area contributed by atoms with E-state index >= 15 is 0 Å². The SMILES string of the molecule is C=C1C[C@@]2(C)C(CC[C@@H]2O[Si](C)(C)C(C)(C)C)C2[C@H]3OC(C)(C)O[C@@H]3C3CCCC[C@]3(C)[C@@H]12.CC1(C)O[C@@H]2C3C4CC[C@H](O[Si](C)(C)C(C)(C)C)[C@@]4(C)CC(=O)[C@@H]3[C@@]3(C)CCCCC3[C@H]2O1.CC1(C)O[C@@H]2C3C4CC[C@H](O[Si](C)(C)C(C)(C)C)[C@@]4(C)CC(C)(C)[C@@H]3[C@@]3(C)CCCCC3[C@H]2O1.CC1(C)O[C@@H]2C3C4CC[C@H](O[Si](C)(C)C(C)(C)C)[C@@]4(C)CC4(CC4)[C@@H]3[C@@]3(C)CCCCC3[C@H]2O1.CCO.[CH3-].[Cu+]. The van der Waals surface area contributed by atoms with Crippen LogP contribution in [0.5, 0.6) is 0 Å². The molecule has 4 heterocycles. The fraction of sp³-hybridized carbons (Fsp3) is 0.967. The molecule has 4 aliphatic heterocycles. The van der Waals surface area contributed by atoms with Gasteiger partial charge in [-0.05, 0) is 401 Å². The maximum absolute atomic E-state index is 14.2. The molecular weight excluding hydrogens is 1840 g/mol. The van der Waals surface area contributed by atoms with Crippen LogP contribution in [0.2, 0.25) is 72.5 Å². The van der Waals surface area contributed by atoms with Gasteiger partial charge in [-0.25, -0.2) is 0 Å². The van der Waals surface area contributed by atoms with Crippen molar-refractivity contribution in [2.24, 2.45) is 149 Å². The van der Waals surface area contributed by atoms with Crippen LogP contribution in [0.3, 0.4) is 0 Å². The molecule has 0 aromatic heterocycles. The number of carbonyl (C=O) groups is 1. The molecule has 4 saturated heterocycles. The molecule has 1 N–H and O–H groups in total. The van der Waals surface area contributed by atoms with Gasteiger partial charge >= 0.3 is 17.1 Å². The molecule has 21 fully saturated rings. The Morgan fingerprint density at radius 1 is 0.317 bits per heavy atom. The van der Waals surface area contributed by atoms with Crippen molar-refractivity contribution >= 4 is 39.1 Å². The summed E-state index contributed by atoms with van der Waals surface area (Å²) in [6, 6.07) is 0. The van der Waals surface area contributed by atoms with Gasteiger partial charge in [0, 0.05) is 30.3 Å². The molecule has 0 radical (unpaired) electrons. The maximum Gasteiger partial charge on any atom is 1.00 e. The van der Waals surface area contributed by atoms with Crippen LogP contribution in [0.4, 0.5) is 0 Å². The summed E-state index contributed by atoms with van der Waals surface area (Å²) in [6.45, 7) is 97.3. The third-order valence-electron chi connectivity index (χ3n) is 47.5. The first-order chi connectivity index (χ1) is 62.7. The molecular formula is C120H213CuO14Si4. The first-order valence-electron chi connectivity index (χ1n) is 57.6. The Labute approximate surface area is 866 Å². The van der Waals surface area contributed by atoms with Gasteiger partial charge in [-0.2, -0.15) is 0 Å². The number of aliphatic hydroxyl groups is 1. The average Bonchev–Trinajstić information content (AvgIpc) is 1.55. The van der Waals surface area contributed by atoms with Crippen molar-refractivity contribution in [2.45, 2.75) is 576 Å². The molecule has 12 unspecified atom stereocenters. The van der Waals surface area contributed by atoms with E-state index in [1.165, 1.54) is 166 Å². The molecule has 1 spiro atoms. The Balaban J connectivity index is 0.000000138. The molecule has 17 saturated carbocycles. The number of ether oxygens (including phenoxy) is 8. The van der Waals surface area contributed by atoms with Crippen LogP contribution in [0, 0.1) is 156 Å². The molecule has 804 valence electrons. The summed E-state index contributed by atoms with van der Waals surface area (Å²) in [5.74, 6) is 7.57. The van der Waals surface area contributed by atoms with Gasteiger partial charge in [0.1, 0.15) is 5.78 Å². The van der Waals surface area contributed by atoms with Crippen molar-refractivity contribution in [3.8, 4) is 0 Å². The second-order valence-electron chi connectivity index (χ2n) is 62.1. The third-order valence-corrected chi connectivity index (χ3v) is 65.4. The van der Waals surface area contributed by atoms with Gasteiger partial charge in [-0.15, -0.1) is 0 Å². The van der Waals surface area contributed by atoms with Gasteiger partial charge in [0.2, 0.25) is 0 Å². The normalized spacial score (nSPS) is 48.1. The summed E-state index contributed by atoms with van der Waals surface area (Å²) in [7, 11) is -7.40. The number of fused-ring (bicyclic) bond motifs is 33. The Morgan fingerprint density at radius 3 is 0.892 bits per heavy atom. The Hall–Kier alpha value is 0.277. The van der Waals surface area contributed by atoms with Gasteiger partial charge in [0.15, 0.2) is 56.4 Å². The van der Waals surface area contributed by atoms with Crippen LogP contribution in [0.15, 0.2) is 12.2 Å². The van der Waals surface area contributed by atoms with E-state index < -0.39 is 56.4 Å². The minimum Gasteiger partial charge on any atom is -0.413 e. The van der Waals surface area contributed by atoms with E-state index in [1.807, 2.05) is 0 Å². The first-order valence-corrected chi connectivity index (χ1v) is 69.3. The second kappa shape index (κ2) is 37.0. The van der Waals surface area contributed by atoms with Crippen molar-refractivity contribution < 1.29 is 82.6 Å². The van der Waals surface area contributed by atoms with Gasteiger partial charge in [0.25, 0.3) is 0 Å². The molecule has 19 heteroatoms. The predicted molar refractivity (Wildman–Crippen MR) is 572 cm³/mol. The van der Waals surface area contributed by atoms with Crippen molar-refractivity contribution in [1.82, 2.24) is 0 Å². The van der Waals surface area contributed by atoms with E-state index in [0.29, 0.717) is 135 Å². The van der Waals surface area contributed by atoms with Crippen LogP contribution in [0.25, 0.3) is 0 Å². The summed E-state index contributed by atoms with van der Waals surface area (Å²) >= 11 is 0. The number of rotatable bonds is 8. The van der Waals surface area contributed by atoms with Crippen molar-refractivity contribution in [1.29, 1.82) is 0 Å². The van der Waals surface area contributed by atoms with Gasteiger partial charge < -0.3 is 68.1 Å². The molecule has 17 aliphatic carbocycles. The number of Topliss-reactive ketones (excluding diaryl/α,β-unsaturated/α-hetero) is 1. The Bertz CT molecular complexity index is 4130. The summed E-state index contributed by atoms with van der Waals surface area (Å²) < 4.78 is 83.1. The number of hydrogen-bond donors (Lipinski definition) is 1. The maximum atomic E-state index is 14.2. The van der Waals surface area contributed by atoms with E-state index in [1.54, 1.807) is 6.92 Å². The van der Waals surface area contributed by atoms with E-state index in [4.69, 9.17) is 67.3 Å². The molecule has 0 aromatic carbocycles. The van der Waals surface area contributed by atoms with E-state index in [2.05, 4.69) is 260 Å². The minimum atomic E-state index is -1.92. The van der Waals surface area contributed by atoms with Crippen LogP contribution in [0.1, 0.15) is 407 Å². The third kappa shape index (κ3) is 18.6. The molecule has 36 atom stereocenters. The zero-order valence-corrected chi connectivity index (χ0v) is 102. The quantitative estimate of drug-likeness (QED) is 0.140. The van der Waals surface area contributed by atoms with Crippen molar-refractivity contribution in [2.75, 3.05) is 6.61 Å². The van der Waals surface area contributed by atoms with E-state index in [9.17, 15) is 4.79 Å². The number of aliphatic hydroxyl groups excluding tert-OH is 1. The van der Waals surface area contributed by atoms with Crippen LogP contribution >= 0.6 is 0 Å².